The fraction of sp³-hybridized carbons (Fsp3) is 0.730. The highest BCUT2D eigenvalue weighted by Crippen LogP contribution is 2.42. The number of hydrogen-bond acceptors (Lipinski definition) is 7. The Morgan fingerprint density at radius 1 is 0.681 bits per heavy atom. The maximum Gasteiger partial charge on any atom is 0.472 e. The van der Waals surface area contributed by atoms with Crippen molar-refractivity contribution in [3.8, 4) is 0 Å². The second kappa shape index (κ2) is 33.9. The number of rotatable bonds is 33. The summed E-state index contributed by atoms with van der Waals surface area (Å²) < 4.78 is 26.7. The summed E-state index contributed by atoms with van der Waals surface area (Å²) in [4.78, 5) is 33.7. The summed E-state index contributed by atoms with van der Waals surface area (Å²) in [5.74, 6) is -0.563. The van der Waals surface area contributed by atoms with Crippen LogP contribution >= 0.6 is 7.82 Å². The van der Waals surface area contributed by atoms with E-state index in [1.54, 1.807) is 0 Å². The van der Waals surface area contributed by atoms with Crippen molar-refractivity contribution in [1.29, 1.82) is 0 Å². The number of aliphatic hydroxyl groups excluding tert-OH is 1. The zero-order valence-electron chi connectivity index (χ0n) is 29.5. The lowest BCUT2D eigenvalue weighted by Gasteiger charge is -2.15. The molecule has 0 heterocycles. The maximum absolute atomic E-state index is 12.0. The molecule has 2 atom stereocenters. The molecule has 272 valence electrons. The van der Waals surface area contributed by atoms with Crippen molar-refractivity contribution < 1.29 is 37.9 Å². The minimum absolute atomic E-state index is 0.0766. The lowest BCUT2D eigenvalue weighted by atomic mass is 10.1. The van der Waals surface area contributed by atoms with Crippen LogP contribution in [0.2, 0.25) is 0 Å². The van der Waals surface area contributed by atoms with Crippen LogP contribution in [0.3, 0.4) is 0 Å². The Labute approximate surface area is 285 Å². The number of hydrogen-bond donors (Lipinski definition) is 3. The molecule has 0 aliphatic heterocycles. The van der Waals surface area contributed by atoms with Gasteiger partial charge in [-0.15, -0.1) is 0 Å². The minimum Gasteiger partial charge on any atom is -0.463 e. The highest BCUT2D eigenvalue weighted by molar-refractivity contribution is 7.47. The van der Waals surface area contributed by atoms with E-state index >= 15 is 0 Å². The van der Waals surface area contributed by atoms with Crippen molar-refractivity contribution in [3.63, 3.8) is 0 Å². The van der Waals surface area contributed by atoms with E-state index in [1.807, 2.05) is 0 Å². The fourth-order valence-corrected chi connectivity index (χ4v) is 5.30. The Balaban J connectivity index is 3.71. The predicted molar refractivity (Wildman–Crippen MR) is 192 cm³/mol. The smallest absolute Gasteiger partial charge is 0.463 e. The third-order valence-electron chi connectivity index (χ3n) is 7.27. The van der Waals surface area contributed by atoms with Gasteiger partial charge >= 0.3 is 13.8 Å². The van der Waals surface area contributed by atoms with Gasteiger partial charge in [0, 0.05) is 19.4 Å². The van der Waals surface area contributed by atoms with Gasteiger partial charge < -0.3 is 20.1 Å². The van der Waals surface area contributed by atoms with Crippen molar-refractivity contribution in [2.24, 2.45) is 0 Å². The first-order valence-corrected chi connectivity index (χ1v) is 19.6. The van der Waals surface area contributed by atoms with Crippen molar-refractivity contribution in [2.75, 3.05) is 26.4 Å². The van der Waals surface area contributed by atoms with E-state index in [9.17, 15) is 24.2 Å². The van der Waals surface area contributed by atoms with E-state index in [-0.39, 0.29) is 32.1 Å². The van der Waals surface area contributed by atoms with Crippen LogP contribution < -0.4 is 5.32 Å². The first-order valence-electron chi connectivity index (χ1n) is 18.1. The fourth-order valence-electron chi connectivity index (χ4n) is 4.55. The van der Waals surface area contributed by atoms with Gasteiger partial charge in [0.05, 0.1) is 13.2 Å². The number of esters is 1. The summed E-state index contributed by atoms with van der Waals surface area (Å²) >= 11 is 0. The molecule has 0 aliphatic carbocycles. The molecule has 0 rings (SSSR count). The summed E-state index contributed by atoms with van der Waals surface area (Å²) in [6.45, 7) is 3.36. The number of nitrogens with one attached hydrogen (secondary N) is 1. The van der Waals surface area contributed by atoms with Crippen LogP contribution in [0.15, 0.2) is 48.6 Å². The van der Waals surface area contributed by atoms with Crippen molar-refractivity contribution >= 4 is 19.7 Å². The first kappa shape index (κ1) is 45.0. The quantitative estimate of drug-likeness (QED) is 0.0270. The Kier molecular flexibility index (Phi) is 32.4. The first-order chi connectivity index (χ1) is 22.8. The third kappa shape index (κ3) is 35.1. The van der Waals surface area contributed by atoms with Gasteiger partial charge in [0.1, 0.15) is 12.7 Å². The molecule has 0 aliphatic rings. The molecule has 0 fully saturated rings. The Morgan fingerprint density at radius 3 is 1.81 bits per heavy atom. The normalized spacial score (nSPS) is 14.0. The minimum atomic E-state index is -4.42. The molecule has 10 heteroatoms. The van der Waals surface area contributed by atoms with Gasteiger partial charge in [-0.25, -0.2) is 4.57 Å². The topological polar surface area (TPSA) is 131 Å². The Bertz CT molecular complexity index is 918. The second-order valence-electron chi connectivity index (χ2n) is 11.8. The van der Waals surface area contributed by atoms with E-state index < -0.39 is 26.5 Å². The molecule has 9 nitrogen and oxygen atoms in total. The largest absolute Gasteiger partial charge is 0.472 e. The summed E-state index contributed by atoms with van der Waals surface area (Å²) in [5, 5.41) is 12.6. The Morgan fingerprint density at radius 2 is 1.21 bits per heavy atom. The lowest BCUT2D eigenvalue weighted by Crippen LogP contribution is -2.27. The standard InChI is InChI=1S/C37H66NO8P/c1-3-5-7-9-11-13-15-16-17-18-20-22-24-26-28-30-37(41)44-33-35(39)34-46-47(42,43)45-32-31-38-36(40)29-27-25-23-21-19-14-12-10-8-6-4-2/h5,7,11,13,16-17,20,22,35,39H,3-4,6,8-10,12,14-15,18-19,21,23-34H2,1-2H3,(H,38,40)(H,42,43)/b7-5-,13-11-,17-16-,22-20-. The molecule has 0 saturated heterocycles. The number of phosphoric ester groups is 1. The molecule has 0 aromatic heterocycles. The van der Waals surface area contributed by atoms with Gasteiger partial charge in [-0.1, -0.05) is 127 Å². The molecule has 2 unspecified atom stereocenters. The molecule has 0 spiro atoms. The van der Waals surface area contributed by atoms with Gasteiger partial charge in [-0.2, -0.15) is 0 Å². The van der Waals surface area contributed by atoms with Crippen LogP contribution in [0.5, 0.6) is 0 Å². The van der Waals surface area contributed by atoms with Gasteiger partial charge in [0.15, 0.2) is 0 Å². The SMILES string of the molecule is CC/C=C\C/C=C\C/C=C\C/C=C\CCCCC(=O)OCC(O)COP(=O)(O)OCCNC(=O)CCCCCCCCCCCCC. The van der Waals surface area contributed by atoms with Crippen LogP contribution in [0.1, 0.15) is 142 Å². The number of amides is 1. The maximum atomic E-state index is 12.0. The zero-order chi connectivity index (χ0) is 34.7. The van der Waals surface area contributed by atoms with Crippen molar-refractivity contribution in [2.45, 2.75) is 148 Å². The van der Waals surface area contributed by atoms with E-state index in [2.05, 4.69) is 67.8 Å². The summed E-state index contributed by atoms with van der Waals surface area (Å²) in [5.41, 5.74) is 0. The second-order valence-corrected chi connectivity index (χ2v) is 13.3. The highest BCUT2D eigenvalue weighted by atomic mass is 31.2. The van der Waals surface area contributed by atoms with Crippen LogP contribution in [-0.2, 0) is 27.9 Å². The number of phosphoric acid groups is 1. The van der Waals surface area contributed by atoms with E-state index in [0.717, 1.165) is 57.8 Å². The van der Waals surface area contributed by atoms with Gasteiger partial charge in [-0.3, -0.25) is 18.6 Å². The Hall–Kier alpha value is -2.03. The van der Waals surface area contributed by atoms with E-state index in [4.69, 9.17) is 13.8 Å². The van der Waals surface area contributed by atoms with Crippen LogP contribution in [0.25, 0.3) is 0 Å². The predicted octanol–water partition coefficient (Wildman–Crippen LogP) is 9.21. The third-order valence-corrected chi connectivity index (χ3v) is 8.26. The highest BCUT2D eigenvalue weighted by Gasteiger charge is 2.23. The van der Waals surface area contributed by atoms with Crippen molar-refractivity contribution in [3.05, 3.63) is 48.6 Å². The number of ether oxygens (including phenoxy) is 1. The molecule has 0 radical (unpaired) electrons. The lowest BCUT2D eigenvalue weighted by molar-refractivity contribution is -0.147. The van der Waals surface area contributed by atoms with Gasteiger partial charge in [0.25, 0.3) is 0 Å². The van der Waals surface area contributed by atoms with Gasteiger partial charge in [-0.05, 0) is 51.4 Å². The zero-order valence-corrected chi connectivity index (χ0v) is 30.4. The molecule has 0 bridgehead atoms. The van der Waals surface area contributed by atoms with Crippen LogP contribution in [0.4, 0.5) is 0 Å². The molecular formula is C37H66NO8P. The van der Waals surface area contributed by atoms with Crippen LogP contribution in [0, 0.1) is 0 Å². The molecule has 47 heavy (non-hydrogen) atoms. The summed E-state index contributed by atoms with van der Waals surface area (Å²) in [6.07, 6.45) is 36.1. The van der Waals surface area contributed by atoms with E-state index in [0.29, 0.717) is 12.8 Å². The monoisotopic (exact) mass is 683 g/mol. The number of carbonyl (C=O) groups is 2. The number of unbranched alkanes of at least 4 members (excludes halogenated alkanes) is 12. The number of aliphatic hydroxyl groups is 1. The average molecular weight is 684 g/mol. The molecule has 0 aromatic rings. The van der Waals surface area contributed by atoms with E-state index in [1.165, 1.54) is 51.4 Å². The molecule has 0 saturated carbocycles. The molecule has 0 aromatic carbocycles. The van der Waals surface area contributed by atoms with Crippen LogP contribution in [-0.4, -0.2) is 54.3 Å². The van der Waals surface area contributed by atoms with Gasteiger partial charge in [0.2, 0.25) is 5.91 Å². The average Bonchev–Trinajstić information content (AvgIpc) is 3.05. The number of allylic oxidation sites excluding steroid dienone is 8. The summed E-state index contributed by atoms with van der Waals surface area (Å²) in [6, 6.07) is 0. The molecule has 3 N–H and O–H groups in total. The number of carbonyl (C=O) groups excluding carboxylic acids is 2. The molecular weight excluding hydrogens is 617 g/mol. The van der Waals surface area contributed by atoms with Crippen molar-refractivity contribution in [1.82, 2.24) is 5.32 Å². The molecule has 1 amide bonds. The summed E-state index contributed by atoms with van der Waals surface area (Å²) in [7, 11) is -4.42.